The number of nitrogens with one attached hydrogen (secondary N) is 1. The standard InChI is InChI=1S/C9H12F4N2O3/c10-7(11)9(12,13)4-14-8(18)15-3-1-2-5(15)6(16)17/h5,7H,1-4H2,(H,14,18)(H,16,17). The van der Waals surface area contributed by atoms with Crippen LogP contribution in [0.4, 0.5) is 22.4 Å². The zero-order valence-corrected chi connectivity index (χ0v) is 9.21. The third kappa shape index (κ3) is 3.23. The van der Waals surface area contributed by atoms with E-state index in [1.54, 1.807) is 5.32 Å². The molecule has 0 aliphatic carbocycles. The van der Waals surface area contributed by atoms with Crippen LogP contribution in [0.1, 0.15) is 12.8 Å². The van der Waals surface area contributed by atoms with Crippen LogP contribution >= 0.6 is 0 Å². The van der Waals surface area contributed by atoms with Gasteiger partial charge in [-0.1, -0.05) is 0 Å². The number of halogens is 4. The summed E-state index contributed by atoms with van der Waals surface area (Å²) in [4.78, 5) is 23.0. The molecule has 1 atom stereocenters. The second-order valence-corrected chi connectivity index (χ2v) is 3.91. The normalized spacial score (nSPS) is 20.3. The topological polar surface area (TPSA) is 69.6 Å². The third-order valence-electron chi connectivity index (χ3n) is 2.59. The Morgan fingerprint density at radius 3 is 2.56 bits per heavy atom. The van der Waals surface area contributed by atoms with Crippen molar-refractivity contribution in [3.8, 4) is 0 Å². The minimum absolute atomic E-state index is 0.100. The molecule has 2 amide bonds. The minimum atomic E-state index is -4.33. The van der Waals surface area contributed by atoms with Crippen molar-refractivity contribution in [2.75, 3.05) is 13.1 Å². The maximum absolute atomic E-state index is 12.5. The molecule has 0 aromatic heterocycles. The predicted octanol–water partition coefficient (Wildman–Crippen LogP) is 1.15. The molecule has 9 heteroatoms. The Labute approximate surface area is 99.7 Å². The molecule has 0 bridgehead atoms. The van der Waals surface area contributed by atoms with Crippen LogP contribution in [0.5, 0.6) is 0 Å². The van der Waals surface area contributed by atoms with Crippen molar-refractivity contribution in [2.24, 2.45) is 0 Å². The molecule has 0 radical (unpaired) electrons. The van der Waals surface area contributed by atoms with Crippen LogP contribution < -0.4 is 5.32 Å². The highest BCUT2D eigenvalue weighted by atomic mass is 19.3. The number of hydrogen-bond donors (Lipinski definition) is 2. The van der Waals surface area contributed by atoms with Gasteiger partial charge in [0.1, 0.15) is 6.04 Å². The zero-order chi connectivity index (χ0) is 13.9. The number of aliphatic carboxylic acids is 1. The van der Waals surface area contributed by atoms with E-state index >= 15 is 0 Å². The van der Waals surface area contributed by atoms with Crippen LogP contribution in [0, 0.1) is 0 Å². The summed E-state index contributed by atoms with van der Waals surface area (Å²) in [6.45, 7) is -1.42. The summed E-state index contributed by atoms with van der Waals surface area (Å²) in [5, 5.41) is 10.4. The molecule has 104 valence electrons. The van der Waals surface area contributed by atoms with Gasteiger partial charge in [-0.25, -0.2) is 18.4 Å². The smallest absolute Gasteiger partial charge is 0.326 e. The van der Waals surface area contributed by atoms with Crippen LogP contribution in [0.25, 0.3) is 0 Å². The Kier molecular flexibility index (Phi) is 4.36. The first-order chi connectivity index (χ1) is 8.25. The fourth-order valence-corrected chi connectivity index (χ4v) is 1.64. The van der Waals surface area contributed by atoms with Gasteiger partial charge in [-0.3, -0.25) is 0 Å². The van der Waals surface area contributed by atoms with Crippen LogP contribution in [0.15, 0.2) is 0 Å². The van der Waals surface area contributed by atoms with E-state index in [0.29, 0.717) is 6.42 Å². The lowest BCUT2D eigenvalue weighted by molar-refractivity contribution is -0.141. The Morgan fingerprint density at radius 2 is 2.06 bits per heavy atom. The van der Waals surface area contributed by atoms with E-state index in [0.717, 1.165) is 4.90 Å². The Morgan fingerprint density at radius 1 is 1.44 bits per heavy atom. The molecule has 1 rings (SSSR count). The number of urea groups is 1. The van der Waals surface area contributed by atoms with E-state index in [4.69, 9.17) is 5.11 Å². The van der Waals surface area contributed by atoms with Gasteiger partial charge in [-0.2, -0.15) is 8.78 Å². The number of carbonyl (C=O) groups is 2. The molecule has 0 aromatic rings. The number of carboxylic acids is 1. The maximum atomic E-state index is 12.5. The van der Waals surface area contributed by atoms with Gasteiger partial charge < -0.3 is 15.3 Å². The monoisotopic (exact) mass is 272 g/mol. The first-order valence-corrected chi connectivity index (χ1v) is 5.19. The number of likely N-dealkylation sites (tertiary alicyclic amines) is 1. The molecule has 5 nitrogen and oxygen atoms in total. The summed E-state index contributed by atoms with van der Waals surface area (Å²) < 4.78 is 48.8. The van der Waals surface area contributed by atoms with Crippen LogP contribution in [-0.4, -0.2) is 53.5 Å². The Balaban J connectivity index is 2.53. The van der Waals surface area contributed by atoms with Gasteiger partial charge in [0.25, 0.3) is 0 Å². The van der Waals surface area contributed by atoms with Gasteiger partial charge in [0.05, 0.1) is 6.54 Å². The molecule has 0 saturated carbocycles. The maximum Gasteiger partial charge on any atom is 0.326 e. The summed E-state index contributed by atoms with van der Waals surface area (Å²) in [6, 6.07) is -2.16. The molecule has 1 fully saturated rings. The van der Waals surface area contributed by atoms with Crippen LogP contribution in [-0.2, 0) is 4.79 Å². The SMILES string of the molecule is O=C(O)C1CCCN1C(=O)NCC(F)(F)C(F)F. The average Bonchev–Trinajstić information content (AvgIpc) is 2.74. The lowest BCUT2D eigenvalue weighted by Crippen LogP contribution is -2.50. The molecule has 1 saturated heterocycles. The van der Waals surface area contributed by atoms with Gasteiger partial charge in [-0.15, -0.1) is 0 Å². The molecule has 0 aromatic carbocycles. The van der Waals surface area contributed by atoms with Crippen molar-refractivity contribution in [2.45, 2.75) is 31.2 Å². The number of amides is 2. The zero-order valence-electron chi connectivity index (χ0n) is 9.21. The van der Waals surface area contributed by atoms with Gasteiger partial charge in [0, 0.05) is 6.54 Å². The van der Waals surface area contributed by atoms with Crippen molar-refractivity contribution in [1.82, 2.24) is 10.2 Å². The number of hydrogen-bond acceptors (Lipinski definition) is 2. The Hall–Kier alpha value is -1.54. The number of carboxylic acid groups (broad SMARTS) is 1. The van der Waals surface area contributed by atoms with E-state index in [1.807, 2.05) is 0 Å². The van der Waals surface area contributed by atoms with E-state index in [-0.39, 0.29) is 13.0 Å². The first-order valence-electron chi connectivity index (χ1n) is 5.19. The number of carbonyl (C=O) groups excluding carboxylic acids is 1. The number of alkyl halides is 4. The molecule has 1 aliphatic heterocycles. The predicted molar refractivity (Wildman–Crippen MR) is 51.7 cm³/mol. The largest absolute Gasteiger partial charge is 0.480 e. The minimum Gasteiger partial charge on any atom is -0.480 e. The molecule has 1 unspecified atom stereocenters. The first kappa shape index (κ1) is 14.5. The van der Waals surface area contributed by atoms with Crippen molar-refractivity contribution >= 4 is 12.0 Å². The second-order valence-electron chi connectivity index (χ2n) is 3.91. The van der Waals surface area contributed by atoms with E-state index in [2.05, 4.69) is 0 Å². The fourth-order valence-electron chi connectivity index (χ4n) is 1.64. The molecule has 1 heterocycles. The highest BCUT2D eigenvalue weighted by Crippen LogP contribution is 2.22. The van der Waals surface area contributed by atoms with Crippen molar-refractivity contribution in [1.29, 1.82) is 0 Å². The summed E-state index contributed by atoms with van der Waals surface area (Å²) in [6.07, 6.45) is -3.24. The van der Waals surface area contributed by atoms with Gasteiger partial charge in [-0.05, 0) is 12.8 Å². The summed E-state index contributed by atoms with van der Waals surface area (Å²) in [7, 11) is 0. The van der Waals surface area contributed by atoms with Gasteiger partial charge >= 0.3 is 24.3 Å². The lowest BCUT2D eigenvalue weighted by Gasteiger charge is -2.23. The second kappa shape index (κ2) is 5.40. The summed E-state index contributed by atoms with van der Waals surface area (Å²) >= 11 is 0. The van der Waals surface area contributed by atoms with Gasteiger partial charge in [0.2, 0.25) is 0 Å². The van der Waals surface area contributed by atoms with E-state index in [9.17, 15) is 27.2 Å². The quantitative estimate of drug-likeness (QED) is 0.754. The van der Waals surface area contributed by atoms with Crippen molar-refractivity contribution < 1.29 is 32.3 Å². The number of rotatable bonds is 4. The van der Waals surface area contributed by atoms with E-state index in [1.165, 1.54) is 0 Å². The summed E-state index contributed by atoms with van der Waals surface area (Å²) in [5.41, 5.74) is 0. The molecule has 0 spiro atoms. The number of nitrogens with zero attached hydrogens (tertiary/aromatic N) is 1. The molecule has 1 aliphatic rings. The van der Waals surface area contributed by atoms with Gasteiger partial charge in [0.15, 0.2) is 0 Å². The third-order valence-corrected chi connectivity index (χ3v) is 2.59. The fraction of sp³-hybridized carbons (Fsp3) is 0.778. The van der Waals surface area contributed by atoms with Crippen molar-refractivity contribution in [3.63, 3.8) is 0 Å². The van der Waals surface area contributed by atoms with Crippen LogP contribution in [0.2, 0.25) is 0 Å². The molecular weight excluding hydrogens is 260 g/mol. The van der Waals surface area contributed by atoms with Crippen molar-refractivity contribution in [3.05, 3.63) is 0 Å². The highest BCUT2D eigenvalue weighted by molar-refractivity contribution is 5.83. The van der Waals surface area contributed by atoms with E-state index < -0.39 is 36.9 Å². The highest BCUT2D eigenvalue weighted by Gasteiger charge is 2.42. The molecule has 2 N–H and O–H groups in total. The average molecular weight is 272 g/mol. The lowest BCUT2D eigenvalue weighted by atomic mass is 10.2. The van der Waals surface area contributed by atoms with Crippen LogP contribution in [0.3, 0.4) is 0 Å². The molecular formula is C9H12F4N2O3. The Bertz CT molecular complexity index is 338. The molecule has 18 heavy (non-hydrogen) atoms. The summed E-state index contributed by atoms with van der Waals surface area (Å²) in [5.74, 6) is -5.57.